The monoisotopic (exact) mass is 364 g/mol. The maximum absolute atomic E-state index is 3.06. The van der Waals surface area contributed by atoms with Gasteiger partial charge in [0.25, 0.3) is 0 Å². The molecule has 0 amide bonds. The summed E-state index contributed by atoms with van der Waals surface area (Å²) in [5.74, 6) is 0. The van der Waals surface area contributed by atoms with E-state index in [4.69, 9.17) is 0 Å². The molecular formula is C11H28N2Si2Sn. The first-order valence-corrected chi connectivity index (χ1v) is 16.0. The van der Waals surface area contributed by atoms with Crippen LogP contribution in [0.25, 0.3) is 0 Å². The van der Waals surface area contributed by atoms with Crippen molar-refractivity contribution >= 4 is 38.2 Å². The van der Waals surface area contributed by atoms with Gasteiger partial charge in [0.2, 0.25) is 0 Å². The van der Waals surface area contributed by atoms with Gasteiger partial charge in [-0.05, 0) is 0 Å². The second-order valence-corrected chi connectivity index (χ2v) is 23.1. The number of rotatable bonds is 4. The van der Waals surface area contributed by atoms with Crippen molar-refractivity contribution in [3.8, 4) is 0 Å². The molecule has 0 aromatic heterocycles. The number of nitrogens with zero attached hydrogens (tertiary/aromatic N) is 2. The number of piperidine rings is 1. The third-order valence-corrected chi connectivity index (χ3v) is 25.1. The van der Waals surface area contributed by atoms with Crippen LogP contribution in [0, 0.1) is 0 Å². The fraction of sp³-hybridized carbons (Fsp3) is 1.00. The van der Waals surface area contributed by atoms with Gasteiger partial charge >= 0.3 is 115 Å². The van der Waals surface area contributed by atoms with Crippen molar-refractivity contribution in [3.05, 3.63) is 0 Å². The van der Waals surface area contributed by atoms with Crippen LogP contribution in [-0.4, -0.2) is 56.8 Å². The van der Waals surface area contributed by atoms with E-state index in [1.807, 2.05) is 0 Å². The van der Waals surface area contributed by atoms with Crippen LogP contribution in [0.3, 0.4) is 0 Å². The van der Waals surface area contributed by atoms with Crippen LogP contribution in [0.15, 0.2) is 0 Å². The molecule has 16 heavy (non-hydrogen) atoms. The van der Waals surface area contributed by atoms with Gasteiger partial charge in [-0.25, -0.2) is 0 Å². The van der Waals surface area contributed by atoms with Gasteiger partial charge in [0.05, 0.1) is 0 Å². The molecule has 1 aliphatic rings. The van der Waals surface area contributed by atoms with Crippen LogP contribution in [0.5, 0.6) is 0 Å². The Morgan fingerprint density at radius 2 is 1.25 bits per heavy atom. The van der Waals surface area contributed by atoms with Crippen LogP contribution in [0.4, 0.5) is 0 Å². The molecule has 0 saturated carbocycles. The Balaban J connectivity index is 2.63. The second-order valence-electron chi connectivity index (χ2n) is 6.82. The predicted molar refractivity (Wildman–Crippen MR) is 79.7 cm³/mol. The molecule has 94 valence electrons. The molecular weight excluding hydrogens is 335 g/mol. The quantitative estimate of drug-likeness (QED) is 0.709. The van der Waals surface area contributed by atoms with E-state index in [-0.39, 0.29) is 0 Å². The summed E-state index contributed by atoms with van der Waals surface area (Å²) in [7, 11) is -2.15. The Morgan fingerprint density at radius 3 is 1.62 bits per heavy atom. The van der Waals surface area contributed by atoms with Gasteiger partial charge < -0.3 is 0 Å². The van der Waals surface area contributed by atoms with Crippen LogP contribution < -0.4 is 0 Å². The minimum absolute atomic E-state index is 0.448. The molecule has 1 aliphatic heterocycles. The normalized spacial score (nSPS) is 20.4. The molecule has 0 spiro atoms. The Bertz CT molecular complexity index is 203. The predicted octanol–water partition coefficient (Wildman–Crippen LogP) is 2.98. The van der Waals surface area contributed by atoms with E-state index >= 15 is 0 Å². The summed E-state index contributed by atoms with van der Waals surface area (Å²) in [4.78, 5) is 0. The van der Waals surface area contributed by atoms with E-state index < -0.39 is 38.2 Å². The zero-order valence-electron chi connectivity index (χ0n) is 11.9. The molecule has 0 bridgehead atoms. The molecule has 2 nitrogen and oxygen atoms in total. The van der Waals surface area contributed by atoms with Crippen molar-refractivity contribution in [2.45, 2.75) is 58.5 Å². The summed E-state index contributed by atoms with van der Waals surface area (Å²) >= 11 is -0.448. The van der Waals surface area contributed by atoms with Crippen molar-refractivity contribution in [3.63, 3.8) is 0 Å². The second kappa shape index (κ2) is 5.86. The van der Waals surface area contributed by atoms with Gasteiger partial charge in [-0.2, -0.15) is 0 Å². The van der Waals surface area contributed by atoms with Crippen molar-refractivity contribution in [1.82, 2.24) is 5.57 Å². The zero-order valence-corrected chi connectivity index (χ0v) is 16.8. The molecule has 5 heteroatoms. The Hall–Kier alpha value is 1.15. The first-order valence-electron chi connectivity index (χ1n) is 6.53. The molecule has 1 saturated heterocycles. The molecule has 1 heterocycles. The minimum atomic E-state index is -1.08. The van der Waals surface area contributed by atoms with E-state index in [0.29, 0.717) is 0 Å². The van der Waals surface area contributed by atoms with Crippen LogP contribution in [0.1, 0.15) is 19.3 Å². The molecule has 2 radical (unpaired) electrons. The molecule has 0 aromatic carbocycles. The van der Waals surface area contributed by atoms with Gasteiger partial charge in [0, 0.05) is 0 Å². The Labute approximate surface area is 115 Å². The van der Waals surface area contributed by atoms with E-state index in [0.717, 1.165) is 0 Å². The van der Waals surface area contributed by atoms with E-state index in [1.165, 1.54) is 32.4 Å². The summed E-state index contributed by atoms with van der Waals surface area (Å²) in [6.07, 6.45) is 4.37. The molecule has 1 rings (SSSR count). The van der Waals surface area contributed by atoms with Gasteiger partial charge in [-0.1, -0.05) is 0 Å². The molecule has 0 N–H and O–H groups in total. The molecule has 1 fully saturated rings. The molecule has 0 atom stereocenters. The summed E-state index contributed by atoms with van der Waals surface area (Å²) in [6, 6.07) is 0. The third-order valence-electron chi connectivity index (χ3n) is 2.94. The topological polar surface area (TPSA) is 6.48 Å². The van der Waals surface area contributed by atoms with Crippen molar-refractivity contribution in [1.29, 1.82) is 0 Å². The van der Waals surface area contributed by atoms with Crippen molar-refractivity contribution in [2.75, 3.05) is 13.1 Å². The standard InChI is InChI=1S/C6H18NSi2.C5H10N.Sn/c1-8(2,3)7-9(4,5)6;1-2-4-6-5-3-1;/h1-6H3;1-5H2;/q2*-1;+2. The number of hydrogen-bond acceptors (Lipinski definition) is 2. The average molecular weight is 363 g/mol. The molecule has 0 unspecified atom stereocenters. The first-order chi connectivity index (χ1) is 7.21. The maximum atomic E-state index is 3.06. The fourth-order valence-electron chi connectivity index (χ4n) is 2.44. The van der Waals surface area contributed by atoms with Crippen molar-refractivity contribution in [2.24, 2.45) is 0 Å². The average Bonchev–Trinajstić information content (AvgIpc) is 2.12. The SMILES string of the molecule is C[Si](C)(C)[N]([Sn][N]1CCCCC1)[Si](C)(C)C. The van der Waals surface area contributed by atoms with Crippen LogP contribution in [-0.2, 0) is 0 Å². The van der Waals surface area contributed by atoms with Gasteiger partial charge in [0.1, 0.15) is 0 Å². The molecule has 0 aromatic rings. The fourth-order valence-corrected chi connectivity index (χ4v) is 20.4. The summed E-state index contributed by atoms with van der Waals surface area (Å²) < 4.78 is 5.91. The van der Waals surface area contributed by atoms with Gasteiger partial charge in [-0.15, -0.1) is 0 Å². The van der Waals surface area contributed by atoms with E-state index in [2.05, 4.69) is 44.9 Å². The van der Waals surface area contributed by atoms with E-state index in [9.17, 15) is 0 Å². The van der Waals surface area contributed by atoms with Gasteiger partial charge in [-0.3, -0.25) is 0 Å². The summed E-state index contributed by atoms with van der Waals surface area (Å²) in [6.45, 7) is 18.0. The number of hydrogen-bond donors (Lipinski definition) is 0. The van der Waals surface area contributed by atoms with Crippen LogP contribution in [0.2, 0.25) is 39.3 Å². The Kier molecular flexibility index (Phi) is 5.57. The summed E-state index contributed by atoms with van der Waals surface area (Å²) in [5.41, 5.74) is 0. The first kappa shape index (κ1) is 15.2. The molecule has 0 aliphatic carbocycles. The third kappa shape index (κ3) is 4.80. The van der Waals surface area contributed by atoms with Gasteiger partial charge in [0.15, 0.2) is 0 Å². The Morgan fingerprint density at radius 1 is 0.812 bits per heavy atom. The van der Waals surface area contributed by atoms with E-state index in [1.54, 1.807) is 0 Å². The summed E-state index contributed by atoms with van der Waals surface area (Å²) in [5, 5.41) is 0. The van der Waals surface area contributed by atoms with Crippen LogP contribution >= 0.6 is 0 Å². The van der Waals surface area contributed by atoms with Crippen molar-refractivity contribution < 1.29 is 0 Å². The zero-order chi connectivity index (χ0) is 12.4.